The van der Waals surface area contributed by atoms with Crippen LogP contribution in [-0.2, 0) is 13.0 Å². The van der Waals surface area contributed by atoms with Crippen LogP contribution in [0.5, 0.6) is 5.75 Å². The maximum absolute atomic E-state index is 5.87. The highest BCUT2D eigenvalue weighted by Crippen LogP contribution is 2.19. The maximum Gasteiger partial charge on any atom is 0.122 e. The number of ether oxygens (including phenoxy) is 1. The zero-order valence-electron chi connectivity index (χ0n) is 10.3. The van der Waals surface area contributed by atoms with Crippen LogP contribution < -0.4 is 10.1 Å². The Morgan fingerprint density at radius 2 is 2.17 bits per heavy atom. The highest BCUT2D eigenvalue weighted by molar-refractivity contribution is 7.10. The molecular weight excluding hydrogens is 266 g/mol. The lowest BCUT2D eigenvalue weighted by molar-refractivity contribution is 0.409. The van der Waals surface area contributed by atoms with Gasteiger partial charge in [-0.25, -0.2) is 0 Å². The topological polar surface area (TPSA) is 21.3 Å². The van der Waals surface area contributed by atoms with E-state index in [1.165, 1.54) is 10.4 Å². The van der Waals surface area contributed by atoms with Gasteiger partial charge in [-0.1, -0.05) is 29.8 Å². The van der Waals surface area contributed by atoms with Crippen LogP contribution in [0.4, 0.5) is 0 Å². The molecule has 18 heavy (non-hydrogen) atoms. The van der Waals surface area contributed by atoms with E-state index in [4.69, 9.17) is 16.3 Å². The van der Waals surface area contributed by atoms with E-state index in [0.717, 1.165) is 30.3 Å². The minimum absolute atomic E-state index is 0.821. The summed E-state index contributed by atoms with van der Waals surface area (Å²) in [4.78, 5) is 1.26. The van der Waals surface area contributed by atoms with Crippen molar-refractivity contribution in [1.82, 2.24) is 5.32 Å². The van der Waals surface area contributed by atoms with E-state index in [-0.39, 0.29) is 0 Å². The Morgan fingerprint density at radius 3 is 2.89 bits per heavy atom. The molecule has 0 saturated heterocycles. The van der Waals surface area contributed by atoms with Gasteiger partial charge in [0.15, 0.2) is 0 Å². The summed E-state index contributed by atoms with van der Waals surface area (Å²) in [5.41, 5.74) is 1.23. The zero-order valence-corrected chi connectivity index (χ0v) is 11.9. The van der Waals surface area contributed by atoms with Crippen LogP contribution in [0, 0.1) is 0 Å². The van der Waals surface area contributed by atoms with Gasteiger partial charge in [0.1, 0.15) is 5.75 Å². The SMILES string of the molecule is COc1ccccc1CCNCc1cc(Cl)cs1. The monoisotopic (exact) mass is 281 g/mol. The molecule has 2 nitrogen and oxygen atoms in total. The molecule has 1 aromatic heterocycles. The summed E-state index contributed by atoms with van der Waals surface area (Å²) in [5, 5.41) is 6.19. The summed E-state index contributed by atoms with van der Waals surface area (Å²) >= 11 is 7.56. The molecule has 0 saturated carbocycles. The fraction of sp³-hybridized carbons (Fsp3) is 0.286. The van der Waals surface area contributed by atoms with Gasteiger partial charge in [0.25, 0.3) is 0 Å². The first-order valence-corrected chi connectivity index (χ1v) is 7.11. The Morgan fingerprint density at radius 1 is 1.33 bits per heavy atom. The average Bonchev–Trinajstić information content (AvgIpc) is 2.81. The van der Waals surface area contributed by atoms with Crippen LogP contribution in [-0.4, -0.2) is 13.7 Å². The Balaban J connectivity index is 1.78. The number of hydrogen-bond donors (Lipinski definition) is 1. The van der Waals surface area contributed by atoms with Gasteiger partial charge in [-0.15, -0.1) is 11.3 Å². The van der Waals surface area contributed by atoms with Crippen molar-refractivity contribution in [2.24, 2.45) is 0 Å². The van der Waals surface area contributed by atoms with Crippen molar-refractivity contribution in [3.05, 3.63) is 51.2 Å². The van der Waals surface area contributed by atoms with Crippen LogP contribution in [0.2, 0.25) is 5.02 Å². The number of hydrogen-bond acceptors (Lipinski definition) is 3. The van der Waals surface area contributed by atoms with Crippen molar-refractivity contribution in [2.75, 3.05) is 13.7 Å². The molecule has 0 bridgehead atoms. The molecule has 0 unspecified atom stereocenters. The van der Waals surface area contributed by atoms with E-state index in [0.29, 0.717) is 0 Å². The molecule has 1 heterocycles. The third-order valence-electron chi connectivity index (χ3n) is 2.68. The highest BCUT2D eigenvalue weighted by Gasteiger charge is 2.01. The molecule has 1 aromatic carbocycles. The van der Waals surface area contributed by atoms with Crippen molar-refractivity contribution < 1.29 is 4.74 Å². The first kappa shape index (κ1) is 13.4. The summed E-state index contributed by atoms with van der Waals surface area (Å²) in [5.74, 6) is 0.957. The number of benzene rings is 1. The van der Waals surface area contributed by atoms with E-state index in [9.17, 15) is 0 Å². The lowest BCUT2D eigenvalue weighted by Crippen LogP contribution is -2.16. The van der Waals surface area contributed by atoms with Crippen molar-refractivity contribution in [2.45, 2.75) is 13.0 Å². The predicted molar refractivity (Wildman–Crippen MR) is 77.7 cm³/mol. The van der Waals surface area contributed by atoms with E-state index in [1.54, 1.807) is 18.4 Å². The number of nitrogens with one attached hydrogen (secondary N) is 1. The first-order chi connectivity index (χ1) is 8.79. The van der Waals surface area contributed by atoms with Crippen LogP contribution in [0.25, 0.3) is 0 Å². The smallest absolute Gasteiger partial charge is 0.122 e. The number of halogens is 1. The Hall–Kier alpha value is -1.03. The fourth-order valence-electron chi connectivity index (χ4n) is 1.79. The quantitative estimate of drug-likeness (QED) is 0.815. The molecule has 0 spiro atoms. The van der Waals surface area contributed by atoms with Gasteiger partial charge in [0.05, 0.1) is 12.1 Å². The Kier molecular flexibility index (Phi) is 5.05. The second-order valence-electron chi connectivity index (χ2n) is 3.97. The van der Waals surface area contributed by atoms with Crippen molar-refractivity contribution in [3.63, 3.8) is 0 Å². The summed E-state index contributed by atoms with van der Waals surface area (Å²) < 4.78 is 5.32. The number of rotatable bonds is 6. The third-order valence-corrected chi connectivity index (χ3v) is 3.97. The summed E-state index contributed by atoms with van der Waals surface area (Å²) in [6.07, 6.45) is 0.961. The van der Waals surface area contributed by atoms with Gasteiger partial charge in [-0.2, -0.15) is 0 Å². The van der Waals surface area contributed by atoms with Crippen molar-refractivity contribution >= 4 is 22.9 Å². The summed E-state index contributed by atoms with van der Waals surface area (Å²) in [6.45, 7) is 1.79. The van der Waals surface area contributed by atoms with Gasteiger partial charge < -0.3 is 10.1 Å². The molecule has 2 aromatic rings. The molecule has 4 heteroatoms. The van der Waals surface area contributed by atoms with Crippen LogP contribution in [0.15, 0.2) is 35.7 Å². The van der Waals surface area contributed by atoms with Gasteiger partial charge in [0.2, 0.25) is 0 Å². The average molecular weight is 282 g/mol. The Bertz CT molecular complexity index is 498. The first-order valence-electron chi connectivity index (χ1n) is 5.85. The largest absolute Gasteiger partial charge is 0.496 e. The molecule has 96 valence electrons. The van der Waals surface area contributed by atoms with Crippen LogP contribution in [0.3, 0.4) is 0 Å². The molecule has 0 atom stereocenters. The number of para-hydroxylation sites is 1. The molecule has 0 radical (unpaired) electrons. The van der Waals surface area contributed by atoms with Crippen molar-refractivity contribution in [1.29, 1.82) is 0 Å². The second kappa shape index (κ2) is 6.78. The number of thiophene rings is 1. The number of methoxy groups -OCH3 is 1. The van der Waals surface area contributed by atoms with Gasteiger partial charge in [-0.05, 0) is 30.7 Å². The highest BCUT2D eigenvalue weighted by atomic mass is 35.5. The van der Waals surface area contributed by atoms with Gasteiger partial charge >= 0.3 is 0 Å². The minimum atomic E-state index is 0.821. The third kappa shape index (κ3) is 3.73. The summed E-state index contributed by atoms with van der Waals surface area (Å²) in [6, 6.07) is 10.1. The molecule has 2 rings (SSSR count). The van der Waals surface area contributed by atoms with Gasteiger partial charge in [0, 0.05) is 16.8 Å². The van der Waals surface area contributed by atoms with Crippen LogP contribution >= 0.6 is 22.9 Å². The van der Waals surface area contributed by atoms with E-state index in [1.807, 2.05) is 29.6 Å². The van der Waals surface area contributed by atoms with E-state index < -0.39 is 0 Å². The Labute approximate surface area is 117 Å². The fourth-order valence-corrected chi connectivity index (χ4v) is 2.83. The molecule has 0 aliphatic heterocycles. The van der Waals surface area contributed by atoms with Gasteiger partial charge in [-0.3, -0.25) is 0 Å². The van der Waals surface area contributed by atoms with E-state index in [2.05, 4.69) is 11.4 Å². The standard InChI is InChI=1S/C14H16ClNOS/c1-17-14-5-3-2-4-11(14)6-7-16-9-13-8-12(15)10-18-13/h2-5,8,10,16H,6-7,9H2,1H3. The molecular formula is C14H16ClNOS. The summed E-state index contributed by atoms with van der Waals surface area (Å²) in [7, 11) is 1.71. The lowest BCUT2D eigenvalue weighted by Gasteiger charge is -2.08. The minimum Gasteiger partial charge on any atom is -0.496 e. The second-order valence-corrected chi connectivity index (χ2v) is 5.40. The maximum atomic E-state index is 5.87. The van der Waals surface area contributed by atoms with Crippen LogP contribution in [0.1, 0.15) is 10.4 Å². The molecule has 0 aliphatic carbocycles. The zero-order chi connectivity index (χ0) is 12.8. The molecule has 0 fully saturated rings. The molecule has 0 aliphatic rings. The van der Waals surface area contributed by atoms with Crippen molar-refractivity contribution in [3.8, 4) is 5.75 Å². The van der Waals surface area contributed by atoms with E-state index >= 15 is 0 Å². The molecule has 1 N–H and O–H groups in total. The molecule has 0 amide bonds. The lowest BCUT2D eigenvalue weighted by atomic mass is 10.1. The normalized spacial score (nSPS) is 10.6. The predicted octanol–water partition coefficient (Wildman–Crippen LogP) is 3.74.